The van der Waals surface area contributed by atoms with Crippen LogP contribution >= 0.6 is 0 Å². The lowest BCUT2D eigenvalue weighted by Gasteiger charge is -2.39. The molecule has 0 fully saturated rings. The van der Waals surface area contributed by atoms with Gasteiger partial charge >= 0.3 is 0 Å². The number of halogens is 2. The molecule has 0 saturated carbocycles. The Morgan fingerprint density at radius 1 is 1.25 bits per heavy atom. The molecule has 0 N–H and O–H groups in total. The van der Waals surface area contributed by atoms with Crippen molar-refractivity contribution in [2.45, 2.75) is 45.4 Å². The van der Waals surface area contributed by atoms with Gasteiger partial charge in [0, 0.05) is 6.07 Å². The van der Waals surface area contributed by atoms with Crippen molar-refractivity contribution in [3.8, 4) is 0 Å². The topological polar surface area (TPSA) is 0 Å². The van der Waals surface area contributed by atoms with Crippen LogP contribution in [-0.2, 0) is 11.8 Å². The fourth-order valence-corrected chi connectivity index (χ4v) is 2.73. The second-order valence-corrected chi connectivity index (χ2v) is 5.34. The normalized spacial score (nSPS) is 24.6. The van der Waals surface area contributed by atoms with E-state index in [1.807, 2.05) is 0 Å². The van der Waals surface area contributed by atoms with Gasteiger partial charge in [0.2, 0.25) is 0 Å². The first kappa shape index (κ1) is 11.6. The molecule has 0 heterocycles. The van der Waals surface area contributed by atoms with E-state index in [9.17, 15) is 8.78 Å². The van der Waals surface area contributed by atoms with E-state index in [1.165, 1.54) is 6.07 Å². The molecule has 2 rings (SSSR count). The zero-order chi connectivity index (χ0) is 11.9. The molecule has 0 amide bonds. The molecule has 1 atom stereocenters. The molecule has 88 valence electrons. The molecule has 1 aliphatic carbocycles. The van der Waals surface area contributed by atoms with Gasteiger partial charge in [-0.05, 0) is 47.8 Å². The minimum Gasteiger partial charge on any atom is -0.207 e. The van der Waals surface area contributed by atoms with Gasteiger partial charge in [-0.3, -0.25) is 0 Å². The van der Waals surface area contributed by atoms with Crippen molar-refractivity contribution < 1.29 is 8.78 Å². The van der Waals surface area contributed by atoms with Crippen LogP contribution in [0.1, 0.15) is 44.7 Å². The van der Waals surface area contributed by atoms with E-state index >= 15 is 0 Å². The van der Waals surface area contributed by atoms with Crippen molar-refractivity contribution in [3.63, 3.8) is 0 Å². The molecule has 0 saturated heterocycles. The van der Waals surface area contributed by atoms with Crippen LogP contribution in [0, 0.1) is 17.6 Å². The lowest BCUT2D eigenvalue weighted by molar-refractivity contribution is 0.285. The van der Waals surface area contributed by atoms with Crippen LogP contribution in [-0.4, -0.2) is 0 Å². The Morgan fingerprint density at radius 3 is 2.56 bits per heavy atom. The number of hydrogen-bond acceptors (Lipinski definition) is 0. The molecule has 0 nitrogen and oxygen atoms in total. The fourth-order valence-electron chi connectivity index (χ4n) is 2.73. The van der Waals surface area contributed by atoms with Crippen LogP contribution in [0.2, 0.25) is 0 Å². The molecular formula is C14H18F2. The SMILES string of the molecule is CC(C)C1(C)CCCc2c(F)cc(F)cc21. The van der Waals surface area contributed by atoms with Gasteiger partial charge in [0.15, 0.2) is 0 Å². The standard InChI is InChI=1S/C14H18F2/c1-9(2)14(3)6-4-5-11-12(14)7-10(15)8-13(11)16/h7-9H,4-6H2,1-3H3. The lowest BCUT2D eigenvalue weighted by Crippen LogP contribution is -2.33. The van der Waals surface area contributed by atoms with Crippen LogP contribution in [0.15, 0.2) is 12.1 Å². The molecule has 0 spiro atoms. The molecule has 1 aromatic rings. The van der Waals surface area contributed by atoms with Crippen LogP contribution in [0.3, 0.4) is 0 Å². The average molecular weight is 224 g/mol. The van der Waals surface area contributed by atoms with Crippen LogP contribution < -0.4 is 0 Å². The monoisotopic (exact) mass is 224 g/mol. The highest BCUT2D eigenvalue weighted by molar-refractivity contribution is 5.38. The summed E-state index contributed by atoms with van der Waals surface area (Å²) >= 11 is 0. The van der Waals surface area contributed by atoms with Crippen LogP contribution in [0.25, 0.3) is 0 Å². The van der Waals surface area contributed by atoms with Crippen molar-refractivity contribution in [2.75, 3.05) is 0 Å². The molecule has 0 aromatic heterocycles. The molecule has 2 heteroatoms. The molecular weight excluding hydrogens is 206 g/mol. The maximum absolute atomic E-state index is 13.7. The summed E-state index contributed by atoms with van der Waals surface area (Å²) < 4.78 is 27.0. The summed E-state index contributed by atoms with van der Waals surface area (Å²) in [5.41, 5.74) is 1.52. The predicted octanol–water partition coefficient (Wildman–Crippen LogP) is 4.21. The second kappa shape index (κ2) is 3.83. The van der Waals surface area contributed by atoms with E-state index in [-0.39, 0.29) is 11.2 Å². The molecule has 16 heavy (non-hydrogen) atoms. The Morgan fingerprint density at radius 2 is 1.94 bits per heavy atom. The Labute approximate surface area is 95.7 Å². The number of hydrogen-bond donors (Lipinski definition) is 0. The summed E-state index contributed by atoms with van der Waals surface area (Å²) in [6, 6.07) is 2.53. The number of rotatable bonds is 1. The maximum Gasteiger partial charge on any atom is 0.129 e. The van der Waals surface area contributed by atoms with Gasteiger partial charge in [0.1, 0.15) is 11.6 Å². The van der Waals surface area contributed by atoms with Crippen molar-refractivity contribution in [3.05, 3.63) is 34.9 Å². The largest absolute Gasteiger partial charge is 0.207 e. The van der Waals surface area contributed by atoms with Crippen LogP contribution in [0.4, 0.5) is 8.78 Å². The van der Waals surface area contributed by atoms with Gasteiger partial charge in [-0.2, -0.15) is 0 Å². The first-order valence-corrected chi connectivity index (χ1v) is 5.93. The molecule has 0 bridgehead atoms. The van der Waals surface area contributed by atoms with Gasteiger partial charge in [0.05, 0.1) is 0 Å². The third-order valence-electron chi connectivity index (χ3n) is 4.17. The van der Waals surface area contributed by atoms with Gasteiger partial charge in [-0.25, -0.2) is 8.78 Å². The van der Waals surface area contributed by atoms with Gasteiger partial charge in [-0.1, -0.05) is 20.8 Å². The van der Waals surface area contributed by atoms with Crippen molar-refractivity contribution in [2.24, 2.45) is 5.92 Å². The Balaban J connectivity index is 2.62. The molecule has 0 aliphatic heterocycles. The number of benzene rings is 1. The summed E-state index contributed by atoms with van der Waals surface area (Å²) in [6.07, 6.45) is 2.74. The lowest BCUT2D eigenvalue weighted by atomic mass is 9.65. The maximum atomic E-state index is 13.7. The highest BCUT2D eigenvalue weighted by Gasteiger charge is 2.36. The predicted molar refractivity (Wildman–Crippen MR) is 61.5 cm³/mol. The highest BCUT2D eigenvalue weighted by atomic mass is 19.1. The highest BCUT2D eigenvalue weighted by Crippen LogP contribution is 2.43. The summed E-state index contributed by atoms with van der Waals surface area (Å²) in [7, 11) is 0. The van der Waals surface area contributed by atoms with Gasteiger partial charge in [-0.15, -0.1) is 0 Å². The third-order valence-corrected chi connectivity index (χ3v) is 4.17. The zero-order valence-electron chi connectivity index (χ0n) is 10.1. The molecule has 1 aromatic carbocycles. The summed E-state index contributed by atoms with van der Waals surface area (Å²) in [6.45, 7) is 6.37. The number of fused-ring (bicyclic) bond motifs is 1. The molecule has 1 aliphatic rings. The molecule has 0 radical (unpaired) electrons. The van der Waals surface area contributed by atoms with Crippen molar-refractivity contribution >= 4 is 0 Å². The van der Waals surface area contributed by atoms with Gasteiger partial charge < -0.3 is 0 Å². The van der Waals surface area contributed by atoms with E-state index in [4.69, 9.17) is 0 Å². The summed E-state index contributed by atoms with van der Waals surface area (Å²) in [5.74, 6) is -0.431. The smallest absolute Gasteiger partial charge is 0.129 e. The second-order valence-electron chi connectivity index (χ2n) is 5.34. The van der Waals surface area contributed by atoms with E-state index < -0.39 is 5.82 Å². The Kier molecular flexibility index (Phi) is 2.77. The van der Waals surface area contributed by atoms with Crippen molar-refractivity contribution in [1.82, 2.24) is 0 Å². The minimum atomic E-state index is -0.454. The van der Waals surface area contributed by atoms with Crippen molar-refractivity contribution in [1.29, 1.82) is 0 Å². The first-order valence-electron chi connectivity index (χ1n) is 5.93. The third kappa shape index (κ3) is 1.64. The summed E-state index contributed by atoms with van der Waals surface area (Å²) in [4.78, 5) is 0. The summed E-state index contributed by atoms with van der Waals surface area (Å²) in [5, 5.41) is 0. The Bertz CT molecular complexity index is 409. The minimum absolute atomic E-state index is 0.0868. The first-order chi connectivity index (χ1) is 7.45. The average Bonchev–Trinajstić information content (AvgIpc) is 2.19. The van der Waals surface area contributed by atoms with E-state index in [2.05, 4.69) is 20.8 Å². The molecule has 1 unspecified atom stereocenters. The van der Waals surface area contributed by atoms with E-state index in [0.717, 1.165) is 36.5 Å². The Hall–Kier alpha value is -0.920. The van der Waals surface area contributed by atoms with Crippen LogP contribution in [0.5, 0.6) is 0 Å². The zero-order valence-corrected chi connectivity index (χ0v) is 10.1. The van der Waals surface area contributed by atoms with E-state index in [0.29, 0.717) is 5.92 Å². The fraction of sp³-hybridized carbons (Fsp3) is 0.571. The van der Waals surface area contributed by atoms with E-state index in [1.54, 1.807) is 0 Å². The van der Waals surface area contributed by atoms with Gasteiger partial charge in [0.25, 0.3) is 0 Å². The quantitative estimate of drug-likeness (QED) is 0.670.